The zero-order valence-electron chi connectivity index (χ0n) is 17.7. The maximum Gasteiger partial charge on any atom is 0.308 e. The molecule has 0 spiro atoms. The number of methoxy groups -OCH3 is 1. The van der Waals surface area contributed by atoms with Gasteiger partial charge < -0.3 is 10.1 Å². The van der Waals surface area contributed by atoms with Crippen LogP contribution < -0.4 is 14.9 Å². The number of aromatic nitrogens is 1. The van der Waals surface area contributed by atoms with Crippen LogP contribution in [0.15, 0.2) is 51.6 Å². The molecule has 1 N–H and O–H groups in total. The van der Waals surface area contributed by atoms with Gasteiger partial charge in [0.15, 0.2) is 0 Å². The molecule has 0 radical (unpaired) electrons. The molecule has 1 amide bonds. The number of fused-ring (bicyclic) bond motifs is 6. The molecular formula is C24H24N2O3S3. The first-order valence-corrected chi connectivity index (χ1v) is 13.6. The number of carbonyl (C=O) groups excluding carboxylic acids is 1. The number of hydrogen-bond acceptors (Lipinski definition) is 6. The Labute approximate surface area is 198 Å². The van der Waals surface area contributed by atoms with Crippen molar-refractivity contribution < 1.29 is 9.53 Å². The Kier molecular flexibility index (Phi) is 5.19. The zero-order chi connectivity index (χ0) is 21.8. The first-order chi connectivity index (χ1) is 15.6. The predicted molar refractivity (Wildman–Crippen MR) is 130 cm³/mol. The second-order valence-corrected chi connectivity index (χ2v) is 12.0. The number of ether oxygens (including phenoxy) is 1. The highest BCUT2D eigenvalue weighted by atomic mass is 32.2. The highest BCUT2D eigenvalue weighted by Gasteiger charge is 2.55. The topological polar surface area (TPSA) is 60.3 Å². The number of thiophene rings is 1. The fourth-order valence-corrected chi connectivity index (χ4v) is 10.0. The molecule has 2 saturated carbocycles. The van der Waals surface area contributed by atoms with E-state index in [2.05, 4.69) is 22.8 Å². The Morgan fingerprint density at radius 1 is 1.19 bits per heavy atom. The fraction of sp³-hybridized carbons (Fsp3) is 0.417. The van der Waals surface area contributed by atoms with E-state index in [1.807, 2.05) is 36.0 Å². The van der Waals surface area contributed by atoms with Gasteiger partial charge in [-0.25, -0.2) is 0 Å². The quantitative estimate of drug-likeness (QED) is 0.536. The van der Waals surface area contributed by atoms with Gasteiger partial charge in [-0.15, -0.1) is 23.1 Å². The number of nitrogens with one attached hydrogen (secondary N) is 1. The number of nitrogens with zero attached hydrogens (tertiary/aromatic N) is 1. The van der Waals surface area contributed by atoms with Crippen molar-refractivity contribution in [1.82, 2.24) is 4.57 Å². The van der Waals surface area contributed by atoms with E-state index in [9.17, 15) is 9.59 Å². The number of amides is 1. The Morgan fingerprint density at radius 2 is 2.00 bits per heavy atom. The van der Waals surface area contributed by atoms with Crippen LogP contribution in [-0.4, -0.2) is 22.8 Å². The van der Waals surface area contributed by atoms with E-state index in [1.165, 1.54) is 40.4 Å². The van der Waals surface area contributed by atoms with Crippen LogP contribution in [0.3, 0.4) is 0 Å². The lowest BCUT2D eigenvalue weighted by molar-refractivity contribution is -0.116. The Bertz CT molecular complexity index is 1200. The van der Waals surface area contributed by atoms with Crippen molar-refractivity contribution in [2.45, 2.75) is 42.0 Å². The summed E-state index contributed by atoms with van der Waals surface area (Å²) in [6, 6.07) is 11.6. The number of thiazole rings is 1. The Morgan fingerprint density at radius 3 is 2.75 bits per heavy atom. The molecule has 1 aromatic carbocycles. The van der Waals surface area contributed by atoms with Crippen molar-refractivity contribution in [3.8, 4) is 5.75 Å². The van der Waals surface area contributed by atoms with Crippen LogP contribution in [0.2, 0.25) is 0 Å². The first kappa shape index (κ1) is 20.6. The molecule has 3 aromatic rings. The standard InChI is InChI=1S/C24H24N2O3S3/c1-29-16-8-6-15(7-9-16)25-18(27)12-26-23-22(32-24(26)28)20(17-3-2-10-30-17)19-13-4-5-14(11-13)21(19)31-23/h2-3,6-10,13-14,19-21H,4-5,11-12H2,1H3,(H,25,27)/t13?,14?,19?,20-,21?/m0/s1. The summed E-state index contributed by atoms with van der Waals surface area (Å²) in [4.78, 5) is 28.4. The van der Waals surface area contributed by atoms with E-state index < -0.39 is 0 Å². The molecule has 32 heavy (non-hydrogen) atoms. The predicted octanol–water partition coefficient (Wildman–Crippen LogP) is 5.27. The van der Waals surface area contributed by atoms with E-state index in [-0.39, 0.29) is 17.3 Å². The molecule has 2 aromatic heterocycles. The third-order valence-corrected chi connectivity index (χ3v) is 11.0. The third kappa shape index (κ3) is 3.35. The summed E-state index contributed by atoms with van der Waals surface area (Å²) in [5.41, 5.74) is 0.699. The first-order valence-electron chi connectivity index (χ1n) is 11.0. The lowest BCUT2D eigenvalue weighted by atomic mass is 9.77. The minimum atomic E-state index is -0.179. The van der Waals surface area contributed by atoms with Crippen LogP contribution in [0.5, 0.6) is 5.75 Å². The molecule has 3 aliphatic rings. The van der Waals surface area contributed by atoms with Gasteiger partial charge in [-0.3, -0.25) is 14.2 Å². The highest BCUT2D eigenvalue weighted by molar-refractivity contribution is 8.00. The van der Waals surface area contributed by atoms with Crippen LogP contribution in [0, 0.1) is 17.8 Å². The summed E-state index contributed by atoms with van der Waals surface area (Å²) in [6.45, 7) is 0.0480. The van der Waals surface area contributed by atoms with E-state index in [1.54, 1.807) is 23.0 Å². The van der Waals surface area contributed by atoms with Crippen molar-refractivity contribution in [2.75, 3.05) is 12.4 Å². The van der Waals surface area contributed by atoms with E-state index >= 15 is 0 Å². The fourth-order valence-electron chi connectivity index (χ4n) is 5.89. The van der Waals surface area contributed by atoms with Crippen molar-refractivity contribution in [1.29, 1.82) is 0 Å². The average Bonchev–Trinajstić information content (AvgIpc) is 3.59. The number of carbonyl (C=O) groups is 1. The van der Waals surface area contributed by atoms with Gasteiger partial charge in [0.2, 0.25) is 5.91 Å². The van der Waals surface area contributed by atoms with Gasteiger partial charge in [0, 0.05) is 26.6 Å². The normalized spacial score (nSPS) is 27.7. The van der Waals surface area contributed by atoms with Crippen molar-refractivity contribution in [3.63, 3.8) is 0 Å². The second-order valence-electron chi connectivity index (χ2n) is 8.89. The largest absolute Gasteiger partial charge is 0.497 e. The van der Waals surface area contributed by atoms with Gasteiger partial charge >= 0.3 is 4.87 Å². The van der Waals surface area contributed by atoms with Crippen molar-refractivity contribution in [3.05, 3.63) is 61.2 Å². The molecule has 166 valence electrons. The van der Waals surface area contributed by atoms with Crippen LogP contribution in [0.1, 0.15) is 34.9 Å². The van der Waals surface area contributed by atoms with Gasteiger partial charge in [0.05, 0.1) is 12.1 Å². The maximum absolute atomic E-state index is 13.1. The number of rotatable bonds is 5. The van der Waals surface area contributed by atoms with Crippen molar-refractivity contribution >= 4 is 46.0 Å². The number of hydrogen-bond donors (Lipinski definition) is 1. The number of anilines is 1. The lowest BCUT2D eigenvalue weighted by Crippen LogP contribution is -2.34. The zero-order valence-corrected chi connectivity index (χ0v) is 20.1. The molecule has 8 heteroatoms. The van der Waals surface area contributed by atoms with E-state index in [0.717, 1.165) is 22.6 Å². The Hall–Kier alpha value is -2.03. The van der Waals surface area contributed by atoms with Gasteiger partial charge in [-0.2, -0.15) is 0 Å². The number of benzene rings is 1. The SMILES string of the molecule is COc1ccc(NC(=O)Cn2c3c(sc2=O)[C@@H](c2cccs2)C2C4CCC(C4)C2S3)cc1. The molecular weight excluding hydrogens is 460 g/mol. The van der Waals surface area contributed by atoms with Crippen LogP contribution in [0.25, 0.3) is 0 Å². The van der Waals surface area contributed by atoms with E-state index in [0.29, 0.717) is 22.8 Å². The van der Waals surface area contributed by atoms with Gasteiger partial charge in [-0.1, -0.05) is 17.4 Å². The molecule has 5 atom stereocenters. The molecule has 1 aliphatic heterocycles. The summed E-state index contributed by atoms with van der Waals surface area (Å²) >= 11 is 5.02. The van der Waals surface area contributed by atoms with Crippen molar-refractivity contribution in [2.24, 2.45) is 17.8 Å². The molecule has 3 heterocycles. The minimum Gasteiger partial charge on any atom is -0.497 e. The maximum atomic E-state index is 13.1. The van der Waals surface area contributed by atoms with Crippen LogP contribution >= 0.6 is 34.4 Å². The summed E-state index contributed by atoms with van der Waals surface area (Å²) in [7, 11) is 1.61. The van der Waals surface area contributed by atoms with Crippen LogP contribution in [-0.2, 0) is 11.3 Å². The lowest BCUT2D eigenvalue weighted by Gasteiger charge is -2.40. The molecule has 0 saturated heterocycles. The Balaban J connectivity index is 1.32. The van der Waals surface area contributed by atoms with Gasteiger partial charge in [-0.05, 0) is 72.7 Å². The van der Waals surface area contributed by atoms with E-state index in [4.69, 9.17) is 4.74 Å². The van der Waals surface area contributed by atoms with Crippen LogP contribution in [0.4, 0.5) is 5.69 Å². The van der Waals surface area contributed by atoms with Gasteiger partial charge in [0.1, 0.15) is 12.3 Å². The molecule has 6 rings (SSSR count). The minimum absolute atomic E-state index is 0.0266. The summed E-state index contributed by atoms with van der Waals surface area (Å²) in [6.07, 6.45) is 3.95. The summed E-state index contributed by atoms with van der Waals surface area (Å²) < 4.78 is 6.89. The summed E-state index contributed by atoms with van der Waals surface area (Å²) in [5.74, 6) is 2.98. The molecule has 5 nitrogen and oxygen atoms in total. The summed E-state index contributed by atoms with van der Waals surface area (Å²) in [5, 5.41) is 6.64. The highest BCUT2D eigenvalue weighted by Crippen LogP contribution is 2.64. The molecule has 2 fully saturated rings. The van der Waals surface area contributed by atoms with Gasteiger partial charge in [0.25, 0.3) is 0 Å². The second kappa shape index (κ2) is 8.08. The molecule has 2 aliphatic carbocycles. The smallest absolute Gasteiger partial charge is 0.308 e. The third-order valence-electron chi connectivity index (χ3n) is 7.22. The molecule has 2 bridgehead atoms. The molecule has 4 unspecified atom stereocenters. The number of thioether (sulfide) groups is 1. The average molecular weight is 485 g/mol. The monoisotopic (exact) mass is 484 g/mol.